The van der Waals surface area contributed by atoms with Gasteiger partial charge in [0.2, 0.25) is 0 Å². The van der Waals surface area contributed by atoms with Gasteiger partial charge in [0.1, 0.15) is 0 Å². The van der Waals surface area contributed by atoms with Gasteiger partial charge in [-0.15, -0.1) is 11.6 Å². The number of thioether (sulfide) groups is 1. The molecule has 0 aromatic heterocycles. The number of carbonyl (C=O) groups excluding carboxylic acids is 1. The Morgan fingerprint density at radius 3 is 2.28 bits per heavy atom. The molecule has 0 saturated carbocycles. The Morgan fingerprint density at radius 1 is 1.28 bits per heavy atom. The van der Waals surface area contributed by atoms with Crippen molar-refractivity contribution in [1.29, 1.82) is 5.41 Å². The Morgan fingerprint density at radius 2 is 1.83 bits per heavy atom. The minimum Gasteiger partial charge on any atom is -0.297 e. The van der Waals surface area contributed by atoms with E-state index in [0.717, 1.165) is 23.9 Å². The number of alkyl halides is 4. The summed E-state index contributed by atoms with van der Waals surface area (Å²) >= 11 is 6.24. The summed E-state index contributed by atoms with van der Waals surface area (Å²) in [4.78, 5) is 10.9. The highest BCUT2D eigenvalue weighted by Gasteiger charge is 2.30. The molecular weight excluding hydrogens is 287 g/mol. The van der Waals surface area contributed by atoms with Crippen molar-refractivity contribution in [3.63, 3.8) is 0 Å². The summed E-state index contributed by atoms with van der Waals surface area (Å²) in [6.45, 7) is 0. The van der Waals surface area contributed by atoms with E-state index >= 15 is 0 Å². The maximum Gasteiger partial charge on any atom is 0.416 e. The van der Waals surface area contributed by atoms with Crippen LogP contribution in [0.5, 0.6) is 0 Å². The molecule has 0 heterocycles. The predicted molar refractivity (Wildman–Crippen MR) is 66.5 cm³/mol. The van der Waals surface area contributed by atoms with Crippen LogP contribution in [-0.4, -0.2) is 22.5 Å². The van der Waals surface area contributed by atoms with Gasteiger partial charge in [0.25, 0.3) is 0 Å². The van der Waals surface area contributed by atoms with E-state index in [1.54, 1.807) is 0 Å². The molecule has 1 aromatic carbocycles. The molecule has 0 radical (unpaired) electrons. The number of hydrogen-bond acceptors (Lipinski definition) is 3. The Kier molecular flexibility index (Phi) is 5.22. The number of halogens is 4. The molecule has 0 aliphatic heterocycles. The van der Waals surface area contributed by atoms with Crippen molar-refractivity contribution < 1.29 is 18.0 Å². The molecule has 0 atom stereocenters. The molecule has 18 heavy (non-hydrogen) atoms. The summed E-state index contributed by atoms with van der Waals surface area (Å²) in [5.74, 6) is -0.310. The average Bonchev–Trinajstić information content (AvgIpc) is 2.34. The van der Waals surface area contributed by atoms with E-state index < -0.39 is 11.7 Å². The monoisotopic (exact) mass is 295 g/mol. The molecule has 98 valence electrons. The third-order valence-electron chi connectivity index (χ3n) is 2.00. The predicted octanol–water partition coefficient (Wildman–Crippen LogP) is 3.57. The van der Waals surface area contributed by atoms with Crippen LogP contribution >= 0.6 is 23.4 Å². The Hall–Kier alpha value is -1.01. The number of hydrogen-bond donors (Lipinski definition) is 1. The highest BCUT2D eigenvalue weighted by atomic mass is 35.5. The maximum absolute atomic E-state index is 12.3. The number of carbonyl (C=O) groups is 1. The minimum absolute atomic E-state index is 0.0437. The Labute approximate surface area is 111 Å². The molecule has 1 rings (SSSR count). The second kappa shape index (κ2) is 6.24. The number of Topliss-reactive ketones (excluding diaryl/α,β-unsaturated/α-hetero) is 1. The first-order valence-electron chi connectivity index (χ1n) is 4.81. The minimum atomic E-state index is -4.39. The maximum atomic E-state index is 12.3. The molecule has 1 N–H and O–H groups in total. The van der Waals surface area contributed by atoms with Gasteiger partial charge >= 0.3 is 6.18 Å². The molecule has 0 saturated heterocycles. The lowest BCUT2D eigenvalue weighted by Gasteiger charge is -2.07. The number of nitrogens with one attached hydrogen (secondary N) is 1. The van der Waals surface area contributed by atoms with Crippen LogP contribution in [0.3, 0.4) is 0 Å². The summed E-state index contributed by atoms with van der Waals surface area (Å²) in [5, 5.41) is 7.65. The highest BCUT2D eigenvalue weighted by Crippen LogP contribution is 2.29. The van der Waals surface area contributed by atoms with E-state index in [9.17, 15) is 18.0 Å². The van der Waals surface area contributed by atoms with Gasteiger partial charge in [-0.1, -0.05) is 23.9 Å². The standard InChI is InChI=1S/C11H9ClF3NOS/c12-5-9(17)6-18-10(16)7-1-3-8(4-2-7)11(13,14)15/h1-4,16H,5-6H2. The molecule has 0 unspecified atom stereocenters. The van der Waals surface area contributed by atoms with E-state index in [-0.39, 0.29) is 22.5 Å². The first-order valence-corrected chi connectivity index (χ1v) is 6.33. The van der Waals surface area contributed by atoms with Crippen LogP contribution in [0.4, 0.5) is 13.2 Å². The number of rotatable bonds is 4. The molecule has 7 heteroatoms. The molecule has 0 bridgehead atoms. The zero-order chi connectivity index (χ0) is 13.8. The van der Waals surface area contributed by atoms with Gasteiger partial charge in [0.15, 0.2) is 5.78 Å². The largest absolute Gasteiger partial charge is 0.416 e. The summed E-state index contributed by atoms with van der Waals surface area (Å²) < 4.78 is 36.9. The molecule has 1 aromatic rings. The van der Waals surface area contributed by atoms with Crippen molar-refractivity contribution in [2.75, 3.05) is 11.6 Å². The summed E-state index contributed by atoms with van der Waals surface area (Å²) in [6, 6.07) is 4.24. The summed E-state index contributed by atoms with van der Waals surface area (Å²) in [6.07, 6.45) is -4.39. The van der Waals surface area contributed by atoms with Crippen molar-refractivity contribution in [2.45, 2.75) is 6.18 Å². The topological polar surface area (TPSA) is 40.9 Å². The average molecular weight is 296 g/mol. The van der Waals surface area contributed by atoms with E-state index in [4.69, 9.17) is 17.0 Å². The van der Waals surface area contributed by atoms with E-state index in [1.165, 1.54) is 12.1 Å². The van der Waals surface area contributed by atoms with Gasteiger partial charge < -0.3 is 0 Å². The van der Waals surface area contributed by atoms with E-state index in [1.807, 2.05) is 0 Å². The fourth-order valence-corrected chi connectivity index (χ4v) is 2.00. The number of ketones is 1. The first kappa shape index (κ1) is 15.0. The van der Waals surface area contributed by atoms with Gasteiger partial charge in [-0.3, -0.25) is 10.2 Å². The fraction of sp³-hybridized carbons (Fsp3) is 0.273. The zero-order valence-electron chi connectivity index (χ0n) is 9.05. The molecule has 2 nitrogen and oxygen atoms in total. The van der Waals surface area contributed by atoms with Crippen LogP contribution in [0.25, 0.3) is 0 Å². The fourth-order valence-electron chi connectivity index (χ4n) is 1.09. The van der Waals surface area contributed by atoms with Gasteiger partial charge in [-0.2, -0.15) is 13.2 Å². The highest BCUT2D eigenvalue weighted by molar-refractivity contribution is 8.14. The molecule has 0 aliphatic carbocycles. The van der Waals surface area contributed by atoms with Gasteiger partial charge in [0, 0.05) is 5.56 Å². The lowest BCUT2D eigenvalue weighted by molar-refractivity contribution is -0.137. The third-order valence-corrected chi connectivity index (χ3v) is 3.29. The van der Waals surface area contributed by atoms with Crippen molar-refractivity contribution in [1.82, 2.24) is 0 Å². The first-order chi connectivity index (χ1) is 8.34. The SMILES string of the molecule is N=C(SCC(=O)CCl)c1ccc(C(F)(F)F)cc1. The van der Waals surface area contributed by atoms with Crippen molar-refractivity contribution in [3.05, 3.63) is 35.4 Å². The second-order valence-electron chi connectivity index (χ2n) is 3.37. The normalized spacial score (nSPS) is 11.3. The van der Waals surface area contributed by atoms with Crippen LogP contribution in [-0.2, 0) is 11.0 Å². The zero-order valence-corrected chi connectivity index (χ0v) is 10.6. The number of benzene rings is 1. The van der Waals surface area contributed by atoms with Gasteiger partial charge in [-0.25, -0.2) is 0 Å². The molecular formula is C11H9ClF3NOS. The van der Waals surface area contributed by atoms with Crippen LogP contribution in [0.1, 0.15) is 11.1 Å². The van der Waals surface area contributed by atoms with Crippen LogP contribution < -0.4 is 0 Å². The summed E-state index contributed by atoms with van der Waals surface area (Å²) in [7, 11) is 0. The smallest absolute Gasteiger partial charge is 0.297 e. The van der Waals surface area contributed by atoms with Crippen LogP contribution in [0, 0.1) is 5.41 Å². The second-order valence-corrected chi connectivity index (χ2v) is 4.62. The van der Waals surface area contributed by atoms with E-state index in [2.05, 4.69) is 0 Å². The van der Waals surface area contributed by atoms with Crippen molar-refractivity contribution >= 4 is 34.2 Å². The van der Waals surface area contributed by atoms with E-state index in [0.29, 0.717) is 5.56 Å². The molecule has 0 fully saturated rings. The molecule has 0 amide bonds. The van der Waals surface area contributed by atoms with Crippen LogP contribution in [0.15, 0.2) is 24.3 Å². The van der Waals surface area contributed by atoms with Crippen LogP contribution in [0.2, 0.25) is 0 Å². The van der Waals surface area contributed by atoms with Gasteiger partial charge in [-0.05, 0) is 12.1 Å². The Bertz CT molecular complexity index is 445. The lowest BCUT2D eigenvalue weighted by atomic mass is 10.1. The third kappa shape index (κ3) is 4.34. The molecule has 0 spiro atoms. The Balaban J connectivity index is 2.68. The van der Waals surface area contributed by atoms with Crippen molar-refractivity contribution in [3.8, 4) is 0 Å². The molecule has 0 aliphatic rings. The lowest BCUT2D eigenvalue weighted by Crippen LogP contribution is -2.07. The quantitative estimate of drug-likeness (QED) is 0.524. The van der Waals surface area contributed by atoms with Gasteiger partial charge in [0.05, 0.1) is 22.2 Å². The summed E-state index contributed by atoms with van der Waals surface area (Å²) in [5.41, 5.74) is -0.420. The van der Waals surface area contributed by atoms with Crippen molar-refractivity contribution in [2.24, 2.45) is 0 Å².